The van der Waals surface area contributed by atoms with Crippen LogP contribution < -0.4 is 5.32 Å². The molecular weight excluding hydrogens is 208 g/mol. The molecular formula is C9H12N6O. The van der Waals surface area contributed by atoms with Gasteiger partial charge in [-0.3, -0.25) is 0 Å². The SMILES string of the molecule is c1cc2nnnn2nc1NC1CCCOC1. The highest BCUT2D eigenvalue weighted by Gasteiger charge is 2.14. The lowest BCUT2D eigenvalue weighted by atomic mass is 10.1. The number of hydrogen-bond acceptors (Lipinski definition) is 6. The summed E-state index contributed by atoms with van der Waals surface area (Å²) >= 11 is 0. The predicted octanol–water partition coefficient (Wildman–Crippen LogP) is 0.110. The number of nitrogens with one attached hydrogen (secondary N) is 1. The summed E-state index contributed by atoms with van der Waals surface area (Å²) in [6.07, 6.45) is 2.19. The van der Waals surface area contributed by atoms with E-state index < -0.39 is 0 Å². The third-order valence-corrected chi connectivity index (χ3v) is 2.58. The molecule has 84 valence electrons. The van der Waals surface area contributed by atoms with Crippen LogP contribution in [0.15, 0.2) is 12.1 Å². The third kappa shape index (κ3) is 1.81. The normalized spacial score (nSPS) is 21.1. The maximum Gasteiger partial charge on any atom is 0.200 e. The average Bonchev–Trinajstić information content (AvgIpc) is 2.77. The van der Waals surface area contributed by atoms with Gasteiger partial charge in [0.25, 0.3) is 0 Å². The summed E-state index contributed by atoms with van der Waals surface area (Å²) in [6, 6.07) is 4.04. The molecule has 0 spiro atoms. The van der Waals surface area contributed by atoms with Crippen molar-refractivity contribution in [1.82, 2.24) is 25.3 Å². The second-order valence-electron chi connectivity index (χ2n) is 3.80. The first kappa shape index (κ1) is 9.46. The van der Waals surface area contributed by atoms with E-state index in [0.717, 1.165) is 31.9 Å². The topological polar surface area (TPSA) is 77.2 Å². The molecule has 0 amide bonds. The minimum Gasteiger partial charge on any atom is -0.379 e. The smallest absolute Gasteiger partial charge is 0.200 e. The Balaban J connectivity index is 1.77. The van der Waals surface area contributed by atoms with Crippen LogP contribution in [0, 0.1) is 0 Å². The van der Waals surface area contributed by atoms with E-state index in [4.69, 9.17) is 4.74 Å². The van der Waals surface area contributed by atoms with Gasteiger partial charge in [-0.05, 0) is 35.4 Å². The molecule has 2 aromatic heterocycles. The Morgan fingerprint density at radius 2 is 2.44 bits per heavy atom. The van der Waals surface area contributed by atoms with Crippen molar-refractivity contribution in [3.05, 3.63) is 12.1 Å². The quantitative estimate of drug-likeness (QED) is 0.774. The summed E-state index contributed by atoms with van der Waals surface area (Å²) in [4.78, 5) is 0. The zero-order chi connectivity index (χ0) is 10.8. The molecule has 7 nitrogen and oxygen atoms in total. The summed E-state index contributed by atoms with van der Waals surface area (Å²) < 4.78 is 6.80. The van der Waals surface area contributed by atoms with Crippen molar-refractivity contribution in [2.24, 2.45) is 0 Å². The second-order valence-corrected chi connectivity index (χ2v) is 3.80. The molecule has 1 aliphatic heterocycles. The molecule has 1 N–H and O–H groups in total. The Labute approximate surface area is 91.8 Å². The van der Waals surface area contributed by atoms with Gasteiger partial charge < -0.3 is 10.1 Å². The Morgan fingerprint density at radius 3 is 3.31 bits per heavy atom. The fourth-order valence-electron chi connectivity index (χ4n) is 1.79. The van der Waals surface area contributed by atoms with E-state index in [9.17, 15) is 0 Å². The molecule has 16 heavy (non-hydrogen) atoms. The Morgan fingerprint density at radius 1 is 1.44 bits per heavy atom. The number of nitrogens with zero attached hydrogens (tertiary/aromatic N) is 5. The molecule has 7 heteroatoms. The zero-order valence-electron chi connectivity index (χ0n) is 8.70. The fourth-order valence-corrected chi connectivity index (χ4v) is 1.79. The predicted molar refractivity (Wildman–Crippen MR) is 56.0 cm³/mol. The van der Waals surface area contributed by atoms with Gasteiger partial charge in [0.05, 0.1) is 12.6 Å². The highest BCUT2D eigenvalue weighted by molar-refractivity contribution is 5.42. The first-order valence-corrected chi connectivity index (χ1v) is 5.31. The maximum atomic E-state index is 5.39. The van der Waals surface area contributed by atoms with E-state index >= 15 is 0 Å². The van der Waals surface area contributed by atoms with Crippen LogP contribution in [-0.4, -0.2) is 44.5 Å². The fraction of sp³-hybridized carbons (Fsp3) is 0.556. The maximum absolute atomic E-state index is 5.39. The summed E-state index contributed by atoms with van der Waals surface area (Å²) in [7, 11) is 0. The number of ether oxygens (including phenoxy) is 1. The number of aromatic nitrogens is 5. The lowest BCUT2D eigenvalue weighted by molar-refractivity contribution is 0.0875. The van der Waals surface area contributed by atoms with Gasteiger partial charge in [0.1, 0.15) is 5.82 Å². The van der Waals surface area contributed by atoms with Crippen LogP contribution in [0.4, 0.5) is 5.82 Å². The van der Waals surface area contributed by atoms with E-state index in [1.165, 1.54) is 4.63 Å². The van der Waals surface area contributed by atoms with Crippen LogP contribution in [-0.2, 0) is 4.74 Å². The van der Waals surface area contributed by atoms with Crippen molar-refractivity contribution in [2.75, 3.05) is 18.5 Å². The molecule has 3 rings (SSSR count). The van der Waals surface area contributed by atoms with Gasteiger partial charge in [-0.15, -0.1) is 14.8 Å². The first-order valence-electron chi connectivity index (χ1n) is 5.31. The van der Waals surface area contributed by atoms with Gasteiger partial charge >= 0.3 is 0 Å². The molecule has 0 radical (unpaired) electrons. The highest BCUT2D eigenvalue weighted by atomic mass is 16.5. The monoisotopic (exact) mass is 220 g/mol. The molecule has 0 bridgehead atoms. The van der Waals surface area contributed by atoms with Crippen molar-refractivity contribution in [1.29, 1.82) is 0 Å². The lowest BCUT2D eigenvalue weighted by Gasteiger charge is -2.23. The van der Waals surface area contributed by atoms with E-state index in [1.54, 1.807) is 0 Å². The molecule has 0 aliphatic carbocycles. The van der Waals surface area contributed by atoms with Crippen LogP contribution in [0.2, 0.25) is 0 Å². The van der Waals surface area contributed by atoms with Crippen LogP contribution in [0.25, 0.3) is 5.65 Å². The molecule has 1 fully saturated rings. The standard InChI is InChI=1S/C9H12N6O/c1-2-7(6-16-5-1)10-8-3-4-9-11-13-14-15(9)12-8/h3-4,7H,1-2,5-6H2,(H,10,12). The van der Waals surface area contributed by atoms with Gasteiger partial charge in [0.2, 0.25) is 0 Å². The third-order valence-electron chi connectivity index (χ3n) is 2.58. The van der Waals surface area contributed by atoms with Crippen LogP contribution in [0.3, 0.4) is 0 Å². The highest BCUT2D eigenvalue weighted by Crippen LogP contribution is 2.12. The molecule has 1 atom stereocenters. The minimum atomic E-state index is 0.329. The number of anilines is 1. The van der Waals surface area contributed by atoms with Gasteiger partial charge in [-0.25, -0.2) is 0 Å². The van der Waals surface area contributed by atoms with Crippen molar-refractivity contribution in [3.63, 3.8) is 0 Å². The second kappa shape index (κ2) is 4.01. The van der Waals surface area contributed by atoms with Crippen LogP contribution in [0.5, 0.6) is 0 Å². The summed E-state index contributed by atoms with van der Waals surface area (Å²) in [6.45, 7) is 1.59. The first-order chi connectivity index (χ1) is 7.92. The van der Waals surface area contributed by atoms with Crippen LogP contribution in [0.1, 0.15) is 12.8 Å². The van der Waals surface area contributed by atoms with E-state index in [0.29, 0.717) is 11.7 Å². The van der Waals surface area contributed by atoms with Gasteiger partial charge in [0.15, 0.2) is 5.65 Å². The van der Waals surface area contributed by atoms with Crippen molar-refractivity contribution < 1.29 is 4.74 Å². The van der Waals surface area contributed by atoms with Gasteiger partial charge in [0, 0.05) is 6.61 Å². The van der Waals surface area contributed by atoms with E-state index in [2.05, 4.69) is 25.9 Å². The van der Waals surface area contributed by atoms with Crippen molar-refractivity contribution >= 4 is 11.5 Å². The number of rotatable bonds is 2. The number of fused-ring (bicyclic) bond motifs is 1. The van der Waals surface area contributed by atoms with Gasteiger partial charge in [-0.1, -0.05) is 0 Å². The minimum absolute atomic E-state index is 0.329. The Hall–Kier alpha value is -1.76. The average molecular weight is 220 g/mol. The van der Waals surface area contributed by atoms with Crippen LogP contribution >= 0.6 is 0 Å². The Kier molecular flexibility index (Phi) is 2.37. The molecule has 2 aromatic rings. The number of hydrogen-bond donors (Lipinski definition) is 1. The molecule has 0 saturated carbocycles. The molecule has 1 saturated heterocycles. The molecule has 0 aromatic carbocycles. The lowest BCUT2D eigenvalue weighted by Crippen LogP contribution is -2.30. The van der Waals surface area contributed by atoms with E-state index in [-0.39, 0.29) is 0 Å². The van der Waals surface area contributed by atoms with Gasteiger partial charge in [-0.2, -0.15) is 0 Å². The molecule has 1 aliphatic rings. The summed E-state index contributed by atoms with van der Waals surface area (Å²) in [5.41, 5.74) is 0.644. The largest absolute Gasteiger partial charge is 0.379 e. The summed E-state index contributed by atoms with van der Waals surface area (Å²) in [5, 5.41) is 18.6. The molecule has 1 unspecified atom stereocenters. The Bertz CT molecular complexity index is 478. The van der Waals surface area contributed by atoms with Crippen molar-refractivity contribution in [2.45, 2.75) is 18.9 Å². The van der Waals surface area contributed by atoms with E-state index in [1.807, 2.05) is 12.1 Å². The molecule has 3 heterocycles. The number of tetrazole rings is 1. The van der Waals surface area contributed by atoms with Crippen molar-refractivity contribution in [3.8, 4) is 0 Å². The summed E-state index contributed by atoms with van der Waals surface area (Å²) in [5.74, 6) is 0.773. The zero-order valence-corrected chi connectivity index (χ0v) is 8.70.